The van der Waals surface area contributed by atoms with Crippen molar-refractivity contribution < 1.29 is 23.3 Å². The third-order valence-corrected chi connectivity index (χ3v) is 14.2. The van der Waals surface area contributed by atoms with E-state index in [0.717, 1.165) is 49.6 Å². The van der Waals surface area contributed by atoms with Crippen LogP contribution in [-0.2, 0) is 44.8 Å². The van der Waals surface area contributed by atoms with Crippen molar-refractivity contribution in [2.45, 2.75) is 63.7 Å². The Balaban J connectivity index is 0.000000185. The van der Waals surface area contributed by atoms with Crippen LogP contribution in [-0.4, -0.2) is 67.1 Å². The van der Waals surface area contributed by atoms with E-state index in [1.165, 1.54) is 4.88 Å². The first kappa shape index (κ1) is 42.9. The number of amides is 2. The maximum Gasteiger partial charge on any atom is 0.410 e. The lowest BCUT2D eigenvalue weighted by Crippen LogP contribution is -2.69. The topological polar surface area (TPSA) is 140 Å². The fourth-order valence-electron chi connectivity index (χ4n) is 6.99. The summed E-state index contributed by atoms with van der Waals surface area (Å²) in [5, 5.41) is 0. The van der Waals surface area contributed by atoms with Crippen LogP contribution >= 0.6 is 22.7 Å². The third-order valence-electron chi connectivity index (χ3n) is 10.6. The number of aryl methyl sites for hydroxylation is 2. The van der Waals surface area contributed by atoms with Crippen LogP contribution in [0.3, 0.4) is 0 Å². The van der Waals surface area contributed by atoms with Crippen LogP contribution in [0.2, 0.25) is 0 Å². The highest BCUT2D eigenvalue weighted by Gasteiger charge is 2.49. The number of carbonyl (C=O) groups excluding carboxylic acids is 2. The van der Waals surface area contributed by atoms with E-state index in [9.17, 15) is 13.8 Å². The van der Waals surface area contributed by atoms with E-state index in [0.29, 0.717) is 26.2 Å². The average Bonchev–Trinajstić information content (AvgIpc) is 3.87. The Labute approximate surface area is 362 Å². The van der Waals surface area contributed by atoms with E-state index < -0.39 is 26.8 Å². The van der Waals surface area contributed by atoms with Crippen LogP contribution in [0.1, 0.15) is 54.4 Å². The smallest absolute Gasteiger partial charge is 0.410 e. The molecule has 2 saturated heterocycles. The van der Waals surface area contributed by atoms with E-state index in [-0.39, 0.29) is 25.4 Å². The molecule has 0 radical (unpaired) electrons. The maximum absolute atomic E-state index is 13.0. The molecule has 312 valence electrons. The van der Waals surface area contributed by atoms with Gasteiger partial charge in [0.25, 0.3) is 0 Å². The third kappa shape index (κ3) is 9.85. The quantitative estimate of drug-likeness (QED) is 0.139. The van der Waals surface area contributed by atoms with Gasteiger partial charge in [-0.05, 0) is 68.0 Å². The minimum atomic E-state index is -1.29. The molecular formula is C46H50N6O5S3. The number of nitrogens with one attached hydrogen (secondary N) is 1. The number of rotatable bonds is 10. The lowest BCUT2D eigenvalue weighted by Gasteiger charge is -2.50. The Bertz CT molecular complexity index is 2400. The highest BCUT2D eigenvalue weighted by atomic mass is 32.2. The Kier molecular flexibility index (Phi) is 13.0. The lowest BCUT2D eigenvalue weighted by atomic mass is 9.83. The molecule has 2 aliphatic heterocycles. The molecule has 1 atom stereocenters. The lowest BCUT2D eigenvalue weighted by molar-refractivity contribution is 0.0290. The molecule has 0 saturated carbocycles. The van der Waals surface area contributed by atoms with Crippen LogP contribution in [0.5, 0.6) is 0 Å². The molecule has 4 heterocycles. The molecule has 2 amide bonds. The van der Waals surface area contributed by atoms with Crippen molar-refractivity contribution in [3.8, 4) is 20.9 Å². The zero-order valence-corrected chi connectivity index (χ0v) is 36.9. The van der Waals surface area contributed by atoms with Gasteiger partial charge < -0.3 is 25.0 Å². The number of benzene rings is 4. The van der Waals surface area contributed by atoms with Crippen LogP contribution in [0, 0.1) is 13.8 Å². The summed E-state index contributed by atoms with van der Waals surface area (Å²) in [5.74, 6) is 0. The highest BCUT2D eigenvalue weighted by Crippen LogP contribution is 2.37. The molecular weight excluding hydrogens is 813 g/mol. The highest BCUT2D eigenvalue weighted by molar-refractivity contribution is 7.84. The van der Waals surface area contributed by atoms with Gasteiger partial charge >= 0.3 is 12.2 Å². The summed E-state index contributed by atoms with van der Waals surface area (Å²) in [6, 6.07) is 35.7. The number of thiazole rings is 2. The van der Waals surface area contributed by atoms with Crippen molar-refractivity contribution in [1.29, 1.82) is 0 Å². The van der Waals surface area contributed by atoms with Gasteiger partial charge in [0.1, 0.15) is 13.2 Å². The van der Waals surface area contributed by atoms with E-state index in [4.69, 9.17) is 15.2 Å². The van der Waals surface area contributed by atoms with Crippen LogP contribution in [0.15, 0.2) is 120 Å². The molecule has 0 aliphatic carbocycles. The van der Waals surface area contributed by atoms with E-state index in [1.54, 1.807) is 32.5 Å². The van der Waals surface area contributed by atoms with Crippen molar-refractivity contribution in [3.05, 3.63) is 154 Å². The van der Waals surface area contributed by atoms with Crippen molar-refractivity contribution in [2.24, 2.45) is 5.73 Å². The normalized spacial score (nSPS) is 15.8. The second-order valence-corrected chi connectivity index (χ2v) is 19.9. The Hall–Kier alpha value is -5.25. The van der Waals surface area contributed by atoms with E-state index in [1.807, 2.05) is 131 Å². The molecule has 0 spiro atoms. The molecule has 4 aromatic carbocycles. The van der Waals surface area contributed by atoms with Gasteiger partial charge in [0.05, 0.1) is 59.0 Å². The van der Waals surface area contributed by atoms with E-state index in [2.05, 4.69) is 39.0 Å². The molecule has 60 heavy (non-hydrogen) atoms. The number of hydrogen-bond donors (Lipinski definition) is 2. The first-order valence-corrected chi connectivity index (χ1v) is 22.6. The largest absolute Gasteiger partial charge is 0.445 e. The number of nitrogens with two attached hydrogens (primary N) is 1. The fraction of sp³-hybridized carbons (Fsp3) is 0.304. The number of hydrogen-bond acceptors (Lipinski definition) is 10. The standard InChI is InChI=1S/C25H29N3O3S2.C21H21N3O2S/c1-18-22(32-17-26-18)20-10-12-21(13-11-20)25(27-33(30)24(2,3)4)15-28(16-25)23(29)31-14-19-8-6-5-7-9-19;1-15-19(27-14-23-15)17-7-9-18(10-8-17)21(22)12-24(13-21)20(25)26-11-16-5-3-2-4-6-16/h5-13,17,27H,14-16H2,1-4H3;2-10,14H,11-13,22H2,1H3. The van der Waals surface area contributed by atoms with Crippen LogP contribution in [0.25, 0.3) is 20.9 Å². The summed E-state index contributed by atoms with van der Waals surface area (Å²) in [5.41, 5.74) is 17.3. The first-order valence-electron chi connectivity index (χ1n) is 19.6. The number of likely N-dealkylation sites (tertiary alicyclic amines) is 2. The van der Waals surface area contributed by atoms with Crippen LogP contribution in [0.4, 0.5) is 9.59 Å². The predicted octanol–water partition coefficient (Wildman–Crippen LogP) is 8.94. The molecule has 11 nitrogen and oxygen atoms in total. The van der Waals surface area contributed by atoms with Crippen molar-refractivity contribution in [1.82, 2.24) is 24.5 Å². The van der Waals surface area contributed by atoms with Gasteiger partial charge in [0.15, 0.2) is 0 Å². The number of ether oxygens (including phenoxy) is 2. The molecule has 2 aromatic heterocycles. The van der Waals surface area contributed by atoms with Crippen LogP contribution < -0.4 is 10.5 Å². The molecule has 14 heteroatoms. The van der Waals surface area contributed by atoms with E-state index >= 15 is 0 Å². The predicted molar refractivity (Wildman–Crippen MR) is 240 cm³/mol. The minimum absolute atomic E-state index is 0.230. The molecule has 6 aromatic rings. The van der Waals surface area contributed by atoms with Gasteiger partial charge in [-0.3, -0.25) is 0 Å². The SMILES string of the molecule is Cc1ncsc1-c1ccc(C2(N)CN(C(=O)OCc3ccccc3)C2)cc1.Cc1ncsc1-c1ccc(C2(NS(=O)C(C)(C)C)CN(C(=O)OCc3ccccc3)C2)cc1. The molecule has 2 aliphatic rings. The van der Waals surface area contributed by atoms with Crippen molar-refractivity contribution in [3.63, 3.8) is 0 Å². The zero-order chi connectivity index (χ0) is 42.5. The Morgan fingerprint density at radius 1 is 0.683 bits per heavy atom. The van der Waals surface area contributed by atoms with Gasteiger partial charge in [0.2, 0.25) is 0 Å². The maximum atomic E-state index is 13.0. The zero-order valence-electron chi connectivity index (χ0n) is 34.4. The summed E-state index contributed by atoms with van der Waals surface area (Å²) in [7, 11) is -1.29. The molecule has 3 N–H and O–H groups in total. The summed E-state index contributed by atoms with van der Waals surface area (Å²) >= 11 is 3.24. The Morgan fingerprint density at radius 3 is 1.50 bits per heavy atom. The van der Waals surface area contributed by atoms with Gasteiger partial charge in [0, 0.05) is 26.2 Å². The average molecular weight is 863 g/mol. The fourth-order valence-corrected chi connectivity index (χ4v) is 9.52. The number of carbonyl (C=O) groups is 2. The monoisotopic (exact) mass is 862 g/mol. The number of nitrogens with zero attached hydrogens (tertiary/aromatic N) is 4. The first-order chi connectivity index (χ1) is 28.7. The molecule has 2 fully saturated rings. The van der Waals surface area contributed by atoms with Gasteiger partial charge in [-0.15, -0.1) is 22.7 Å². The van der Waals surface area contributed by atoms with Gasteiger partial charge in [-0.1, -0.05) is 109 Å². The van der Waals surface area contributed by atoms with Gasteiger partial charge in [-0.2, -0.15) is 0 Å². The van der Waals surface area contributed by atoms with Crippen molar-refractivity contribution in [2.75, 3.05) is 26.2 Å². The molecule has 0 bridgehead atoms. The summed E-state index contributed by atoms with van der Waals surface area (Å²) in [6.07, 6.45) is -0.688. The second kappa shape index (κ2) is 18.2. The summed E-state index contributed by atoms with van der Waals surface area (Å²) in [6.45, 7) is 12.0. The van der Waals surface area contributed by atoms with Crippen molar-refractivity contribution >= 4 is 45.8 Å². The molecule has 8 rings (SSSR count). The second-order valence-electron chi connectivity index (χ2n) is 16.2. The van der Waals surface area contributed by atoms with Gasteiger partial charge in [-0.25, -0.2) is 28.5 Å². The number of aromatic nitrogens is 2. The summed E-state index contributed by atoms with van der Waals surface area (Å²) in [4.78, 5) is 39.1. The minimum Gasteiger partial charge on any atom is -0.445 e. The molecule has 1 unspecified atom stereocenters. The summed E-state index contributed by atoms with van der Waals surface area (Å²) < 4.78 is 26.7. The Morgan fingerprint density at radius 2 is 1.10 bits per heavy atom.